The average molecular weight is 407 g/mol. The molecule has 0 aliphatic heterocycles. The van der Waals surface area contributed by atoms with Crippen LogP contribution in [0.5, 0.6) is 11.5 Å². The van der Waals surface area contributed by atoms with Crippen molar-refractivity contribution in [3.05, 3.63) is 60.4 Å². The summed E-state index contributed by atoms with van der Waals surface area (Å²) in [5.41, 5.74) is 0.0591. The molecule has 1 amide bonds. The Balaban J connectivity index is 1.73. The lowest BCUT2D eigenvalue weighted by molar-refractivity contribution is 0.0622. The highest BCUT2D eigenvalue weighted by Crippen LogP contribution is 2.42. The normalized spacial score (nSPS) is 15.4. The molecule has 1 fully saturated rings. The van der Waals surface area contributed by atoms with Crippen molar-refractivity contribution >= 4 is 6.09 Å². The zero-order chi connectivity index (χ0) is 21.0. The molecule has 1 aliphatic rings. The van der Waals surface area contributed by atoms with Crippen LogP contribution in [0.1, 0.15) is 37.9 Å². The minimum atomic E-state index is -0.672. The van der Waals surface area contributed by atoms with Gasteiger partial charge in [0.05, 0.1) is 7.11 Å². The molecule has 0 bridgehead atoms. The third-order valence-corrected chi connectivity index (χ3v) is 5.74. The van der Waals surface area contributed by atoms with Gasteiger partial charge in [0, 0.05) is 7.05 Å². The van der Waals surface area contributed by atoms with Gasteiger partial charge in [-0.05, 0) is 47.5 Å². The van der Waals surface area contributed by atoms with Gasteiger partial charge in [0.15, 0.2) is 5.82 Å². The van der Waals surface area contributed by atoms with Crippen molar-refractivity contribution in [2.24, 2.45) is 0 Å². The summed E-state index contributed by atoms with van der Waals surface area (Å²) in [4.78, 5) is 14.7. The molecule has 1 saturated carbocycles. The molecular weight excluding hydrogens is 382 g/mol. The van der Waals surface area contributed by atoms with E-state index in [0.29, 0.717) is 17.3 Å². The van der Waals surface area contributed by atoms with E-state index in [1.165, 1.54) is 0 Å². The summed E-state index contributed by atoms with van der Waals surface area (Å²) >= 11 is 0. The van der Waals surface area contributed by atoms with Gasteiger partial charge in [0.1, 0.15) is 22.7 Å². The van der Waals surface area contributed by atoms with Crippen molar-refractivity contribution in [1.29, 1.82) is 0 Å². The number of ether oxygens (including phenoxy) is 2. The third kappa shape index (κ3) is 3.60. The van der Waals surface area contributed by atoms with Crippen LogP contribution in [0.3, 0.4) is 0 Å². The largest absolute Gasteiger partial charge is 0.494 e. The molecule has 0 spiro atoms. The molecule has 0 radical (unpaired) electrons. The lowest BCUT2D eigenvalue weighted by Gasteiger charge is -2.42. The first kappa shape index (κ1) is 19.9. The summed E-state index contributed by atoms with van der Waals surface area (Å²) in [6.45, 7) is 0. The number of nitrogens with zero attached hydrogens (tertiary/aromatic N) is 5. The minimum absolute atomic E-state index is 0.433. The van der Waals surface area contributed by atoms with E-state index in [0.717, 1.165) is 37.8 Å². The van der Waals surface area contributed by atoms with E-state index in [2.05, 4.69) is 15.5 Å². The van der Waals surface area contributed by atoms with Crippen molar-refractivity contribution in [2.75, 3.05) is 14.2 Å². The van der Waals surface area contributed by atoms with E-state index >= 15 is 0 Å². The Kier molecular flexibility index (Phi) is 5.65. The van der Waals surface area contributed by atoms with Gasteiger partial charge in [-0.1, -0.05) is 49.6 Å². The lowest BCUT2D eigenvalue weighted by Crippen LogP contribution is -2.51. The Labute approximate surface area is 175 Å². The first-order valence-corrected chi connectivity index (χ1v) is 10.1. The summed E-state index contributed by atoms with van der Waals surface area (Å²) < 4.78 is 12.8. The first-order valence-electron chi connectivity index (χ1n) is 10.1. The average Bonchev–Trinajstić information content (AvgIpc) is 3.30. The molecule has 1 heterocycles. The second-order valence-electron chi connectivity index (χ2n) is 7.42. The molecule has 8 heteroatoms. The maximum Gasteiger partial charge on any atom is 0.415 e. The predicted molar refractivity (Wildman–Crippen MR) is 111 cm³/mol. The Morgan fingerprint density at radius 2 is 1.73 bits per heavy atom. The highest BCUT2D eigenvalue weighted by atomic mass is 16.6. The Hall–Kier alpha value is -3.42. The van der Waals surface area contributed by atoms with E-state index in [1.54, 1.807) is 35.9 Å². The van der Waals surface area contributed by atoms with Crippen molar-refractivity contribution in [2.45, 2.75) is 37.6 Å². The van der Waals surface area contributed by atoms with Gasteiger partial charge in [-0.25, -0.2) is 4.79 Å². The summed E-state index contributed by atoms with van der Waals surface area (Å²) in [6.07, 6.45) is 4.13. The van der Waals surface area contributed by atoms with Gasteiger partial charge in [-0.3, -0.25) is 4.90 Å². The molecule has 1 aromatic heterocycles. The zero-order valence-corrected chi connectivity index (χ0v) is 17.2. The van der Waals surface area contributed by atoms with Crippen LogP contribution < -0.4 is 9.47 Å². The number of carbonyl (C=O) groups is 1. The maximum atomic E-state index is 13.1. The van der Waals surface area contributed by atoms with E-state index in [4.69, 9.17) is 9.47 Å². The second kappa shape index (κ2) is 8.52. The van der Waals surface area contributed by atoms with Crippen LogP contribution >= 0.6 is 0 Å². The van der Waals surface area contributed by atoms with Gasteiger partial charge in [-0.2, -0.15) is 4.68 Å². The molecule has 0 saturated heterocycles. The fourth-order valence-corrected chi connectivity index (χ4v) is 4.12. The fourth-order valence-electron chi connectivity index (χ4n) is 4.12. The van der Waals surface area contributed by atoms with Crippen molar-refractivity contribution in [1.82, 2.24) is 25.1 Å². The van der Waals surface area contributed by atoms with Gasteiger partial charge < -0.3 is 9.47 Å². The number of hydrogen-bond donors (Lipinski definition) is 0. The van der Waals surface area contributed by atoms with Crippen LogP contribution in [0.25, 0.3) is 5.69 Å². The minimum Gasteiger partial charge on any atom is -0.494 e. The van der Waals surface area contributed by atoms with Crippen LogP contribution in [-0.4, -0.2) is 45.4 Å². The summed E-state index contributed by atoms with van der Waals surface area (Å²) in [6, 6.07) is 16.6. The molecule has 2 aromatic carbocycles. The third-order valence-electron chi connectivity index (χ3n) is 5.74. The van der Waals surface area contributed by atoms with Crippen LogP contribution in [0.15, 0.2) is 54.6 Å². The molecule has 1 aliphatic carbocycles. The predicted octanol–water partition coefficient (Wildman–Crippen LogP) is 3.96. The molecule has 4 rings (SSSR count). The Morgan fingerprint density at radius 1 is 1.03 bits per heavy atom. The van der Waals surface area contributed by atoms with Crippen molar-refractivity contribution in [3.8, 4) is 17.2 Å². The number of methoxy groups -OCH3 is 1. The molecule has 0 unspecified atom stereocenters. The zero-order valence-electron chi connectivity index (χ0n) is 17.2. The topological polar surface area (TPSA) is 82.4 Å². The number of hydrogen-bond acceptors (Lipinski definition) is 6. The molecule has 30 heavy (non-hydrogen) atoms. The van der Waals surface area contributed by atoms with Crippen molar-refractivity contribution < 1.29 is 14.3 Å². The highest BCUT2D eigenvalue weighted by molar-refractivity contribution is 5.71. The molecule has 156 valence electrons. The number of carbonyl (C=O) groups excluding carboxylic acids is 1. The van der Waals surface area contributed by atoms with Gasteiger partial charge in [0.25, 0.3) is 0 Å². The molecule has 3 aromatic rings. The standard InChI is InChI=1S/C22H25N5O3/c1-26(21(28)30-17-11-5-3-6-12-17)22(15-9-4-10-16-22)20-23-24-25-27(20)18-13-7-8-14-19(18)29-2/h3,5-8,11-14H,4,9-10,15-16H2,1-2H3. The quantitative estimate of drug-likeness (QED) is 0.637. The SMILES string of the molecule is COc1ccccc1-n1nnnc1C1(N(C)C(=O)Oc2ccccc2)CCCCC1. The van der Waals surface area contributed by atoms with Crippen molar-refractivity contribution in [3.63, 3.8) is 0 Å². The number of benzene rings is 2. The van der Waals surface area contributed by atoms with Gasteiger partial charge in [-0.15, -0.1) is 5.10 Å². The molecular formula is C22H25N5O3. The maximum absolute atomic E-state index is 13.1. The smallest absolute Gasteiger partial charge is 0.415 e. The van der Waals surface area contributed by atoms with Crippen LogP contribution in [0.4, 0.5) is 4.79 Å². The van der Waals surface area contributed by atoms with E-state index < -0.39 is 11.6 Å². The monoisotopic (exact) mass is 407 g/mol. The summed E-state index contributed by atoms with van der Waals surface area (Å²) in [7, 11) is 3.38. The first-order chi connectivity index (χ1) is 14.7. The number of tetrazole rings is 1. The van der Waals surface area contributed by atoms with E-state index in [9.17, 15) is 4.79 Å². The summed E-state index contributed by atoms with van der Waals surface area (Å²) in [5.74, 6) is 1.77. The van der Waals surface area contributed by atoms with Crippen LogP contribution in [-0.2, 0) is 5.54 Å². The Morgan fingerprint density at radius 3 is 2.47 bits per heavy atom. The second-order valence-corrected chi connectivity index (χ2v) is 7.42. The van der Waals surface area contributed by atoms with E-state index in [-0.39, 0.29) is 0 Å². The molecule has 0 N–H and O–H groups in total. The highest BCUT2D eigenvalue weighted by Gasteiger charge is 2.46. The number of amides is 1. The number of para-hydroxylation sites is 3. The lowest BCUT2D eigenvalue weighted by atomic mass is 9.79. The Bertz CT molecular complexity index is 999. The number of aromatic nitrogens is 4. The van der Waals surface area contributed by atoms with E-state index in [1.807, 2.05) is 42.5 Å². The van der Waals surface area contributed by atoms with Crippen LogP contribution in [0, 0.1) is 0 Å². The molecule has 8 nitrogen and oxygen atoms in total. The van der Waals surface area contributed by atoms with Crippen LogP contribution in [0.2, 0.25) is 0 Å². The molecule has 0 atom stereocenters. The number of rotatable bonds is 5. The van der Waals surface area contributed by atoms with Gasteiger partial charge >= 0.3 is 6.09 Å². The summed E-state index contributed by atoms with van der Waals surface area (Å²) in [5, 5.41) is 12.6. The fraction of sp³-hybridized carbons (Fsp3) is 0.364. The van der Waals surface area contributed by atoms with Gasteiger partial charge in [0.2, 0.25) is 0 Å².